The van der Waals surface area contributed by atoms with Crippen molar-refractivity contribution in [1.29, 1.82) is 0 Å². The molecule has 128 valence electrons. The number of hydrogen-bond donors (Lipinski definition) is 0. The molecule has 1 aromatic heterocycles. The predicted molar refractivity (Wildman–Crippen MR) is 90.7 cm³/mol. The highest BCUT2D eigenvalue weighted by atomic mass is 16.6. The van der Waals surface area contributed by atoms with E-state index in [1.54, 1.807) is 11.2 Å². The van der Waals surface area contributed by atoms with Crippen LogP contribution in [0.2, 0.25) is 0 Å². The summed E-state index contributed by atoms with van der Waals surface area (Å²) >= 11 is 0. The van der Waals surface area contributed by atoms with Gasteiger partial charge in [0.15, 0.2) is 0 Å². The van der Waals surface area contributed by atoms with Crippen LogP contribution in [0.25, 0.3) is 0 Å². The Kier molecular flexibility index (Phi) is 5.12. The molecule has 1 fully saturated rings. The maximum Gasteiger partial charge on any atom is 0.410 e. The average molecular weight is 320 g/mol. The molecule has 1 aromatic rings. The Balaban J connectivity index is 2.04. The summed E-state index contributed by atoms with van der Waals surface area (Å²) in [4.78, 5) is 24.9. The van der Waals surface area contributed by atoms with E-state index in [9.17, 15) is 4.79 Å². The average Bonchev–Trinajstić information content (AvgIpc) is 2.45. The van der Waals surface area contributed by atoms with E-state index < -0.39 is 5.60 Å². The molecule has 0 radical (unpaired) electrons. The van der Waals surface area contributed by atoms with E-state index in [0.717, 1.165) is 18.1 Å². The van der Waals surface area contributed by atoms with Crippen LogP contribution in [0.4, 0.5) is 10.6 Å². The van der Waals surface area contributed by atoms with Crippen LogP contribution < -0.4 is 4.90 Å². The lowest BCUT2D eigenvalue weighted by atomic mass is 10.1. The van der Waals surface area contributed by atoms with Gasteiger partial charge >= 0.3 is 6.09 Å². The van der Waals surface area contributed by atoms with Gasteiger partial charge in [-0.2, -0.15) is 0 Å². The van der Waals surface area contributed by atoms with Crippen molar-refractivity contribution in [3.05, 3.63) is 18.1 Å². The van der Waals surface area contributed by atoms with Crippen molar-refractivity contribution in [2.24, 2.45) is 0 Å². The first-order valence-corrected chi connectivity index (χ1v) is 8.24. The van der Waals surface area contributed by atoms with E-state index in [0.29, 0.717) is 19.0 Å². The van der Waals surface area contributed by atoms with Crippen LogP contribution in [0.5, 0.6) is 0 Å². The van der Waals surface area contributed by atoms with Gasteiger partial charge in [-0.05, 0) is 33.6 Å². The minimum Gasteiger partial charge on any atom is -0.444 e. The number of amides is 1. The van der Waals surface area contributed by atoms with Crippen molar-refractivity contribution in [3.63, 3.8) is 0 Å². The molecule has 0 saturated carbocycles. The Bertz CT molecular complexity index is 554. The normalized spacial score (nSPS) is 19.2. The monoisotopic (exact) mass is 320 g/mol. The molecular weight excluding hydrogens is 292 g/mol. The van der Waals surface area contributed by atoms with Gasteiger partial charge < -0.3 is 14.5 Å². The number of nitrogens with zero attached hydrogens (tertiary/aromatic N) is 4. The summed E-state index contributed by atoms with van der Waals surface area (Å²) in [5.74, 6) is 1.30. The summed E-state index contributed by atoms with van der Waals surface area (Å²) in [7, 11) is 0. The van der Waals surface area contributed by atoms with E-state index in [4.69, 9.17) is 4.74 Å². The summed E-state index contributed by atoms with van der Waals surface area (Å²) in [6.45, 7) is 14.0. The number of ether oxygens (including phenoxy) is 1. The molecule has 23 heavy (non-hydrogen) atoms. The summed E-state index contributed by atoms with van der Waals surface area (Å²) in [5.41, 5.74) is 0.577. The fraction of sp³-hybridized carbons (Fsp3) is 0.706. The van der Waals surface area contributed by atoms with Crippen molar-refractivity contribution in [1.82, 2.24) is 14.9 Å². The molecule has 1 saturated heterocycles. The number of hydrogen-bond acceptors (Lipinski definition) is 5. The van der Waals surface area contributed by atoms with Crippen LogP contribution in [0.15, 0.2) is 12.4 Å². The Morgan fingerprint density at radius 2 is 2.00 bits per heavy atom. The highest BCUT2D eigenvalue weighted by molar-refractivity contribution is 5.68. The van der Waals surface area contributed by atoms with Crippen LogP contribution in [0.1, 0.15) is 53.2 Å². The molecule has 1 amide bonds. The molecule has 6 heteroatoms. The first-order valence-electron chi connectivity index (χ1n) is 8.24. The number of anilines is 1. The Morgan fingerprint density at radius 1 is 1.30 bits per heavy atom. The van der Waals surface area contributed by atoms with Crippen molar-refractivity contribution < 1.29 is 9.53 Å². The highest BCUT2D eigenvalue weighted by Gasteiger charge is 2.30. The minimum absolute atomic E-state index is 0.186. The lowest BCUT2D eigenvalue weighted by Crippen LogP contribution is -2.54. The van der Waals surface area contributed by atoms with Gasteiger partial charge in [0.1, 0.15) is 17.7 Å². The van der Waals surface area contributed by atoms with Gasteiger partial charge in [-0.1, -0.05) is 13.8 Å². The summed E-state index contributed by atoms with van der Waals surface area (Å²) in [6, 6.07) is 2.23. The molecule has 1 aliphatic heterocycles. The van der Waals surface area contributed by atoms with Crippen LogP contribution in [0, 0.1) is 0 Å². The molecule has 0 N–H and O–H groups in total. The Labute approximate surface area is 138 Å². The van der Waals surface area contributed by atoms with Gasteiger partial charge in [-0.3, -0.25) is 0 Å². The zero-order chi connectivity index (χ0) is 17.2. The molecule has 2 heterocycles. The van der Waals surface area contributed by atoms with Gasteiger partial charge in [0, 0.05) is 37.4 Å². The molecule has 0 spiro atoms. The van der Waals surface area contributed by atoms with Crippen LogP contribution in [0.3, 0.4) is 0 Å². The molecule has 2 rings (SSSR count). The number of piperazine rings is 1. The van der Waals surface area contributed by atoms with E-state index in [1.165, 1.54) is 0 Å². The fourth-order valence-corrected chi connectivity index (χ4v) is 2.62. The quantitative estimate of drug-likeness (QED) is 0.838. The van der Waals surface area contributed by atoms with E-state index in [1.807, 2.05) is 26.8 Å². The topological polar surface area (TPSA) is 58.6 Å². The zero-order valence-corrected chi connectivity index (χ0v) is 15.0. The molecule has 6 nitrogen and oxygen atoms in total. The van der Waals surface area contributed by atoms with Gasteiger partial charge in [-0.25, -0.2) is 14.8 Å². The summed E-state index contributed by atoms with van der Waals surface area (Å²) in [5, 5.41) is 0. The maximum atomic E-state index is 12.2. The number of carbonyl (C=O) groups excluding carboxylic acids is 1. The Hall–Kier alpha value is -1.85. The third kappa shape index (κ3) is 4.56. The largest absolute Gasteiger partial charge is 0.444 e. The molecule has 1 atom stereocenters. The molecule has 0 bridgehead atoms. The van der Waals surface area contributed by atoms with Crippen molar-refractivity contribution >= 4 is 11.9 Å². The van der Waals surface area contributed by atoms with Gasteiger partial charge in [0.25, 0.3) is 0 Å². The lowest BCUT2D eigenvalue weighted by molar-refractivity contribution is 0.0218. The maximum absolute atomic E-state index is 12.2. The summed E-state index contributed by atoms with van der Waals surface area (Å²) in [6.07, 6.45) is 1.38. The minimum atomic E-state index is -0.462. The van der Waals surface area contributed by atoms with Crippen molar-refractivity contribution in [2.75, 3.05) is 24.5 Å². The molecule has 0 aliphatic carbocycles. The summed E-state index contributed by atoms with van der Waals surface area (Å²) < 4.78 is 5.46. The number of rotatable bonds is 2. The third-order valence-electron chi connectivity index (χ3n) is 3.84. The fourth-order valence-electron chi connectivity index (χ4n) is 2.62. The standard InChI is InChI=1S/C17H28N4O2/c1-12(2)14-9-15(19-11-18-14)21-8-7-20(10-13(21)3)16(22)23-17(4,5)6/h9,11-13H,7-8,10H2,1-6H3/t13-/m0/s1. The van der Waals surface area contributed by atoms with E-state index in [2.05, 4.69) is 35.6 Å². The third-order valence-corrected chi connectivity index (χ3v) is 3.84. The smallest absolute Gasteiger partial charge is 0.410 e. The van der Waals surface area contributed by atoms with Gasteiger partial charge in [0.05, 0.1) is 0 Å². The second kappa shape index (κ2) is 6.72. The van der Waals surface area contributed by atoms with Crippen molar-refractivity contribution in [3.8, 4) is 0 Å². The van der Waals surface area contributed by atoms with Crippen molar-refractivity contribution in [2.45, 2.75) is 59.1 Å². The van der Waals surface area contributed by atoms with Crippen LogP contribution >= 0.6 is 0 Å². The highest BCUT2D eigenvalue weighted by Crippen LogP contribution is 2.22. The lowest BCUT2D eigenvalue weighted by Gasteiger charge is -2.40. The molecule has 0 aromatic carbocycles. The van der Waals surface area contributed by atoms with Crippen LogP contribution in [-0.2, 0) is 4.74 Å². The predicted octanol–water partition coefficient (Wildman–Crippen LogP) is 3.05. The first kappa shape index (κ1) is 17.5. The van der Waals surface area contributed by atoms with E-state index in [-0.39, 0.29) is 12.1 Å². The van der Waals surface area contributed by atoms with Crippen LogP contribution in [-0.4, -0.2) is 52.2 Å². The van der Waals surface area contributed by atoms with Gasteiger partial charge in [0.2, 0.25) is 0 Å². The number of carbonyl (C=O) groups is 1. The SMILES string of the molecule is CC(C)c1cc(N2CCN(C(=O)OC(C)(C)C)C[C@@H]2C)ncn1. The molecule has 1 aliphatic rings. The second-order valence-electron chi connectivity index (χ2n) is 7.42. The molecular formula is C17H28N4O2. The van der Waals surface area contributed by atoms with Gasteiger partial charge in [-0.15, -0.1) is 0 Å². The molecule has 0 unspecified atom stereocenters. The zero-order valence-electron chi connectivity index (χ0n) is 15.0. The number of aromatic nitrogens is 2. The second-order valence-corrected chi connectivity index (χ2v) is 7.42. The Morgan fingerprint density at radius 3 is 2.57 bits per heavy atom. The first-order chi connectivity index (χ1) is 10.7. The van der Waals surface area contributed by atoms with E-state index >= 15 is 0 Å².